The number of nitrogens with zero attached hydrogens (tertiary/aromatic N) is 2. The topological polar surface area (TPSA) is 54.9 Å². The second-order valence-corrected chi connectivity index (χ2v) is 9.12. The maximum absolute atomic E-state index is 12.5. The molecular formula is C17H17N3OS3. The summed E-state index contributed by atoms with van der Waals surface area (Å²) in [7, 11) is 0. The second kappa shape index (κ2) is 8.00. The van der Waals surface area contributed by atoms with Crippen LogP contribution in [0, 0.1) is 0 Å². The van der Waals surface area contributed by atoms with E-state index in [1.165, 1.54) is 23.1 Å². The van der Waals surface area contributed by atoms with Crippen LogP contribution >= 0.6 is 34.9 Å². The Kier molecular flexibility index (Phi) is 5.76. The van der Waals surface area contributed by atoms with Crippen LogP contribution in [0.1, 0.15) is 13.8 Å². The van der Waals surface area contributed by atoms with Crippen molar-refractivity contribution >= 4 is 57.2 Å². The molecule has 0 aliphatic carbocycles. The predicted octanol–water partition coefficient (Wildman–Crippen LogP) is 4.92. The van der Waals surface area contributed by atoms with E-state index in [-0.39, 0.29) is 11.2 Å². The maximum atomic E-state index is 12.5. The Morgan fingerprint density at radius 3 is 2.75 bits per heavy atom. The third kappa shape index (κ3) is 4.09. The van der Waals surface area contributed by atoms with Gasteiger partial charge in [-0.1, -0.05) is 78.2 Å². The van der Waals surface area contributed by atoms with Crippen LogP contribution in [0.2, 0.25) is 0 Å². The van der Waals surface area contributed by atoms with Crippen molar-refractivity contribution in [1.29, 1.82) is 0 Å². The Morgan fingerprint density at radius 1 is 1.17 bits per heavy atom. The Bertz CT molecular complexity index is 844. The zero-order valence-corrected chi connectivity index (χ0v) is 15.8. The summed E-state index contributed by atoms with van der Waals surface area (Å²) < 4.78 is 1.77. The van der Waals surface area contributed by atoms with Gasteiger partial charge in [0.25, 0.3) is 0 Å². The molecular weight excluding hydrogens is 358 g/mol. The number of fused-ring (bicyclic) bond motifs is 1. The summed E-state index contributed by atoms with van der Waals surface area (Å²) in [5, 5.41) is 13.2. The number of nitrogens with one attached hydrogen (secondary N) is 1. The van der Waals surface area contributed by atoms with Gasteiger partial charge in [-0.25, -0.2) is 0 Å². The van der Waals surface area contributed by atoms with Crippen molar-refractivity contribution < 1.29 is 4.79 Å². The van der Waals surface area contributed by atoms with Crippen LogP contribution in [0.4, 0.5) is 5.69 Å². The molecule has 0 unspecified atom stereocenters. The monoisotopic (exact) mass is 375 g/mol. The summed E-state index contributed by atoms with van der Waals surface area (Å²) in [6.45, 7) is 3.97. The van der Waals surface area contributed by atoms with Crippen LogP contribution in [0.25, 0.3) is 10.8 Å². The van der Waals surface area contributed by atoms with Crippen molar-refractivity contribution in [3.05, 3.63) is 42.5 Å². The van der Waals surface area contributed by atoms with Crippen molar-refractivity contribution in [3.63, 3.8) is 0 Å². The van der Waals surface area contributed by atoms with Crippen LogP contribution in [-0.4, -0.2) is 27.1 Å². The molecule has 1 heterocycles. The first-order chi connectivity index (χ1) is 11.7. The van der Waals surface area contributed by atoms with E-state index in [9.17, 15) is 4.79 Å². The number of anilines is 1. The summed E-state index contributed by atoms with van der Waals surface area (Å²) in [4.78, 5) is 12.5. The summed E-state index contributed by atoms with van der Waals surface area (Å²) >= 11 is 4.64. The number of benzene rings is 2. The van der Waals surface area contributed by atoms with E-state index in [1.807, 2.05) is 49.4 Å². The number of thioether (sulfide) groups is 2. The van der Waals surface area contributed by atoms with Gasteiger partial charge in [-0.3, -0.25) is 4.79 Å². The van der Waals surface area contributed by atoms with Crippen molar-refractivity contribution in [2.75, 3.05) is 11.1 Å². The highest BCUT2D eigenvalue weighted by Crippen LogP contribution is 2.32. The molecule has 24 heavy (non-hydrogen) atoms. The van der Waals surface area contributed by atoms with Gasteiger partial charge in [-0.15, -0.1) is 10.2 Å². The van der Waals surface area contributed by atoms with E-state index in [2.05, 4.69) is 22.4 Å². The highest BCUT2D eigenvalue weighted by atomic mass is 32.2. The average molecular weight is 376 g/mol. The number of aromatic nitrogens is 2. The fourth-order valence-corrected chi connectivity index (χ4v) is 5.26. The second-order valence-electron chi connectivity index (χ2n) is 5.04. The third-order valence-corrected chi connectivity index (χ3v) is 6.47. The quantitative estimate of drug-likeness (QED) is 0.620. The zero-order chi connectivity index (χ0) is 16.9. The van der Waals surface area contributed by atoms with Crippen molar-refractivity contribution in [1.82, 2.24) is 10.2 Å². The third-order valence-electron chi connectivity index (χ3n) is 3.35. The molecule has 3 aromatic rings. The van der Waals surface area contributed by atoms with Crippen molar-refractivity contribution in [3.8, 4) is 0 Å². The molecule has 0 radical (unpaired) electrons. The Balaban J connectivity index is 1.69. The average Bonchev–Trinajstić information content (AvgIpc) is 3.02. The van der Waals surface area contributed by atoms with Crippen LogP contribution in [-0.2, 0) is 4.79 Å². The molecule has 3 rings (SSSR count). The maximum Gasteiger partial charge on any atom is 0.237 e. The van der Waals surface area contributed by atoms with E-state index in [4.69, 9.17) is 0 Å². The molecule has 0 saturated carbocycles. The molecule has 0 saturated heterocycles. The van der Waals surface area contributed by atoms with Gasteiger partial charge >= 0.3 is 0 Å². The predicted molar refractivity (Wildman–Crippen MR) is 104 cm³/mol. The minimum Gasteiger partial charge on any atom is -0.325 e. The first kappa shape index (κ1) is 17.3. The van der Waals surface area contributed by atoms with Gasteiger partial charge in [-0.2, -0.15) is 0 Å². The molecule has 0 spiro atoms. The van der Waals surface area contributed by atoms with Crippen LogP contribution in [0.5, 0.6) is 0 Å². The summed E-state index contributed by atoms with van der Waals surface area (Å²) in [5.74, 6) is 0.937. The lowest BCUT2D eigenvalue weighted by Crippen LogP contribution is -2.22. The van der Waals surface area contributed by atoms with E-state index in [0.29, 0.717) is 0 Å². The normalized spacial score (nSPS) is 12.2. The van der Waals surface area contributed by atoms with Gasteiger partial charge in [0.05, 0.1) is 5.25 Å². The van der Waals surface area contributed by atoms with E-state index >= 15 is 0 Å². The molecule has 2 aromatic carbocycles. The molecule has 0 aliphatic rings. The van der Waals surface area contributed by atoms with Gasteiger partial charge in [0.15, 0.2) is 8.68 Å². The first-order valence-corrected chi connectivity index (χ1v) is 10.3. The summed E-state index contributed by atoms with van der Waals surface area (Å²) in [5.41, 5.74) is 0.838. The number of hydrogen-bond donors (Lipinski definition) is 1. The smallest absolute Gasteiger partial charge is 0.237 e. The standard InChI is InChI=1S/C17H17N3OS3/c1-3-22-16-19-20-17(24-16)23-11(2)15(21)18-14-10-6-8-12-7-4-5-9-13(12)14/h4-11H,3H2,1-2H3,(H,18,21)/t11-/m1/s1. The molecule has 0 bridgehead atoms. The largest absolute Gasteiger partial charge is 0.325 e. The highest BCUT2D eigenvalue weighted by molar-refractivity contribution is 8.03. The minimum atomic E-state index is -0.239. The lowest BCUT2D eigenvalue weighted by molar-refractivity contribution is -0.115. The number of rotatable bonds is 6. The zero-order valence-electron chi connectivity index (χ0n) is 13.4. The minimum absolute atomic E-state index is 0.0313. The van der Waals surface area contributed by atoms with Gasteiger partial charge in [0.2, 0.25) is 5.91 Å². The summed E-state index contributed by atoms with van der Waals surface area (Å²) in [6.07, 6.45) is 0. The SMILES string of the molecule is CCSc1nnc(S[C@H](C)C(=O)Nc2cccc3ccccc23)s1. The Morgan fingerprint density at radius 2 is 1.92 bits per heavy atom. The number of amides is 1. The summed E-state index contributed by atoms with van der Waals surface area (Å²) in [6, 6.07) is 13.9. The van der Waals surface area contributed by atoms with Gasteiger partial charge < -0.3 is 5.32 Å². The molecule has 0 aliphatic heterocycles. The number of hydrogen-bond acceptors (Lipinski definition) is 6. The Hall–Kier alpha value is -1.57. The van der Waals surface area contributed by atoms with Crippen LogP contribution < -0.4 is 5.32 Å². The molecule has 1 atom stereocenters. The highest BCUT2D eigenvalue weighted by Gasteiger charge is 2.18. The molecule has 0 fully saturated rings. The van der Waals surface area contributed by atoms with Crippen molar-refractivity contribution in [2.45, 2.75) is 27.8 Å². The van der Waals surface area contributed by atoms with E-state index < -0.39 is 0 Å². The Labute approximate surface area is 153 Å². The molecule has 1 aromatic heterocycles. The van der Waals surface area contributed by atoms with E-state index in [1.54, 1.807) is 11.8 Å². The molecule has 4 nitrogen and oxygen atoms in total. The lowest BCUT2D eigenvalue weighted by Gasteiger charge is -2.12. The number of carbonyl (C=O) groups is 1. The van der Waals surface area contributed by atoms with Crippen molar-refractivity contribution in [2.24, 2.45) is 0 Å². The van der Waals surface area contributed by atoms with Crippen LogP contribution in [0.15, 0.2) is 51.1 Å². The van der Waals surface area contributed by atoms with E-state index in [0.717, 1.165) is 30.9 Å². The van der Waals surface area contributed by atoms with Gasteiger partial charge in [0, 0.05) is 11.1 Å². The fourth-order valence-electron chi connectivity index (χ4n) is 2.20. The molecule has 1 N–H and O–H groups in total. The molecule has 1 amide bonds. The number of carbonyl (C=O) groups excluding carboxylic acids is 1. The fraction of sp³-hybridized carbons (Fsp3) is 0.235. The van der Waals surface area contributed by atoms with Gasteiger partial charge in [-0.05, 0) is 24.1 Å². The van der Waals surface area contributed by atoms with Gasteiger partial charge in [0.1, 0.15) is 0 Å². The molecule has 124 valence electrons. The lowest BCUT2D eigenvalue weighted by atomic mass is 10.1. The van der Waals surface area contributed by atoms with Crippen LogP contribution in [0.3, 0.4) is 0 Å². The molecule has 7 heteroatoms. The first-order valence-electron chi connectivity index (χ1n) is 7.59.